The van der Waals surface area contributed by atoms with Gasteiger partial charge < -0.3 is 5.32 Å². The standard InChI is InChI=1S/C24H28FN3O2/c1-24(2,3)23(18-9-11-19(25)12-10-18)26-21(29)13-14-22(30)28-16-15-20(27-28)17-7-5-4-6-8-17/h4-12,23H,13-16H2,1-3H3,(H,26,29). The summed E-state index contributed by atoms with van der Waals surface area (Å²) in [6.45, 7) is 6.56. The number of hydrogen-bond donors (Lipinski definition) is 1. The third-order valence-electron chi connectivity index (χ3n) is 5.14. The normalized spacial score (nSPS) is 14.9. The van der Waals surface area contributed by atoms with Crippen molar-refractivity contribution in [3.05, 3.63) is 71.5 Å². The van der Waals surface area contributed by atoms with Crippen molar-refractivity contribution in [1.82, 2.24) is 10.3 Å². The number of halogens is 1. The van der Waals surface area contributed by atoms with E-state index in [0.717, 1.165) is 16.8 Å². The molecule has 2 aromatic carbocycles. The Bertz CT molecular complexity index is 918. The first-order valence-corrected chi connectivity index (χ1v) is 10.2. The number of amides is 2. The van der Waals surface area contributed by atoms with Gasteiger partial charge in [-0.2, -0.15) is 5.10 Å². The largest absolute Gasteiger partial charge is 0.349 e. The summed E-state index contributed by atoms with van der Waals surface area (Å²) in [6, 6.07) is 15.6. The topological polar surface area (TPSA) is 61.8 Å². The van der Waals surface area contributed by atoms with Crippen molar-refractivity contribution in [2.24, 2.45) is 10.5 Å². The lowest BCUT2D eigenvalue weighted by atomic mass is 9.82. The molecule has 1 atom stereocenters. The lowest BCUT2D eigenvalue weighted by Crippen LogP contribution is -2.37. The summed E-state index contributed by atoms with van der Waals surface area (Å²) in [5.74, 6) is -0.686. The molecule has 2 amide bonds. The van der Waals surface area contributed by atoms with Crippen LogP contribution in [0.1, 0.15) is 57.2 Å². The SMILES string of the molecule is CC(C)(C)C(NC(=O)CCC(=O)N1CCC(c2ccccc2)=N1)c1ccc(F)cc1. The molecule has 3 rings (SSSR count). The van der Waals surface area contributed by atoms with E-state index in [1.807, 2.05) is 51.1 Å². The highest BCUT2D eigenvalue weighted by molar-refractivity contribution is 6.02. The molecule has 0 radical (unpaired) electrons. The Kier molecular flexibility index (Phi) is 6.65. The molecule has 0 aliphatic carbocycles. The molecule has 0 saturated heterocycles. The molecule has 1 aliphatic rings. The summed E-state index contributed by atoms with van der Waals surface area (Å²) in [7, 11) is 0. The van der Waals surface area contributed by atoms with E-state index >= 15 is 0 Å². The molecule has 158 valence electrons. The Balaban J connectivity index is 1.57. The molecule has 1 N–H and O–H groups in total. The van der Waals surface area contributed by atoms with E-state index in [0.29, 0.717) is 13.0 Å². The van der Waals surface area contributed by atoms with Gasteiger partial charge in [-0.3, -0.25) is 9.59 Å². The minimum atomic E-state index is -0.315. The summed E-state index contributed by atoms with van der Waals surface area (Å²) in [5.41, 5.74) is 2.47. The van der Waals surface area contributed by atoms with Crippen molar-refractivity contribution in [3.8, 4) is 0 Å². The molecule has 2 aromatic rings. The van der Waals surface area contributed by atoms with E-state index in [2.05, 4.69) is 10.4 Å². The number of nitrogens with zero attached hydrogens (tertiary/aromatic N) is 2. The molecular weight excluding hydrogens is 381 g/mol. The second kappa shape index (κ2) is 9.20. The number of hydrazone groups is 1. The number of benzene rings is 2. The maximum absolute atomic E-state index is 13.3. The minimum absolute atomic E-state index is 0.0826. The van der Waals surface area contributed by atoms with Crippen LogP contribution in [0.4, 0.5) is 4.39 Å². The van der Waals surface area contributed by atoms with Crippen molar-refractivity contribution in [3.63, 3.8) is 0 Å². The van der Waals surface area contributed by atoms with Gasteiger partial charge in [0.15, 0.2) is 0 Å². The first-order chi connectivity index (χ1) is 14.2. The average molecular weight is 410 g/mol. The first kappa shape index (κ1) is 21.7. The zero-order chi connectivity index (χ0) is 21.7. The fourth-order valence-electron chi connectivity index (χ4n) is 3.51. The Morgan fingerprint density at radius 2 is 1.73 bits per heavy atom. The van der Waals surface area contributed by atoms with Crippen LogP contribution in [0, 0.1) is 11.2 Å². The van der Waals surface area contributed by atoms with E-state index in [-0.39, 0.29) is 41.9 Å². The van der Waals surface area contributed by atoms with Crippen molar-refractivity contribution < 1.29 is 14.0 Å². The lowest BCUT2D eigenvalue weighted by Gasteiger charge is -2.32. The monoisotopic (exact) mass is 409 g/mol. The van der Waals surface area contributed by atoms with E-state index < -0.39 is 0 Å². The molecule has 0 bridgehead atoms. The molecular formula is C24H28FN3O2. The molecule has 30 heavy (non-hydrogen) atoms. The van der Waals surface area contributed by atoms with E-state index in [4.69, 9.17) is 0 Å². The molecule has 0 fully saturated rings. The van der Waals surface area contributed by atoms with E-state index in [9.17, 15) is 14.0 Å². The maximum atomic E-state index is 13.3. The summed E-state index contributed by atoms with van der Waals surface area (Å²) >= 11 is 0. The first-order valence-electron chi connectivity index (χ1n) is 10.2. The van der Waals surface area contributed by atoms with Crippen LogP contribution in [0.25, 0.3) is 0 Å². The fourth-order valence-corrected chi connectivity index (χ4v) is 3.51. The summed E-state index contributed by atoms with van der Waals surface area (Å²) in [5, 5.41) is 8.89. The van der Waals surface area contributed by atoms with Crippen LogP contribution in [-0.2, 0) is 9.59 Å². The summed E-state index contributed by atoms with van der Waals surface area (Å²) in [4.78, 5) is 25.1. The van der Waals surface area contributed by atoms with Gasteiger partial charge in [0.05, 0.1) is 18.3 Å². The highest BCUT2D eigenvalue weighted by atomic mass is 19.1. The van der Waals surface area contributed by atoms with Crippen LogP contribution in [-0.4, -0.2) is 29.1 Å². The van der Waals surface area contributed by atoms with Crippen molar-refractivity contribution in [1.29, 1.82) is 0 Å². The smallest absolute Gasteiger partial charge is 0.243 e. The second-order valence-corrected chi connectivity index (χ2v) is 8.60. The Morgan fingerprint density at radius 1 is 1.07 bits per heavy atom. The van der Waals surface area contributed by atoms with Crippen LogP contribution >= 0.6 is 0 Å². The lowest BCUT2D eigenvalue weighted by molar-refractivity contribution is -0.133. The third kappa shape index (κ3) is 5.53. The number of nitrogens with one attached hydrogen (secondary N) is 1. The maximum Gasteiger partial charge on any atom is 0.243 e. The Labute approximate surface area is 177 Å². The van der Waals surface area contributed by atoms with Gasteiger partial charge in [-0.05, 0) is 28.7 Å². The molecule has 0 saturated carbocycles. The van der Waals surface area contributed by atoms with Gasteiger partial charge in [0.25, 0.3) is 0 Å². The number of hydrogen-bond acceptors (Lipinski definition) is 3. The highest BCUT2D eigenvalue weighted by Gasteiger charge is 2.28. The van der Waals surface area contributed by atoms with Crippen molar-refractivity contribution in [2.45, 2.75) is 46.1 Å². The molecule has 0 spiro atoms. The summed E-state index contributed by atoms with van der Waals surface area (Å²) < 4.78 is 13.3. The van der Waals surface area contributed by atoms with Crippen molar-refractivity contribution in [2.75, 3.05) is 6.54 Å². The molecule has 0 aromatic heterocycles. The van der Waals surface area contributed by atoms with Crippen LogP contribution in [0.3, 0.4) is 0 Å². The predicted octanol–water partition coefficient (Wildman–Crippen LogP) is 4.45. The predicted molar refractivity (Wildman–Crippen MR) is 115 cm³/mol. The van der Waals surface area contributed by atoms with Gasteiger partial charge in [-0.15, -0.1) is 0 Å². The van der Waals surface area contributed by atoms with Crippen LogP contribution in [0.5, 0.6) is 0 Å². The van der Waals surface area contributed by atoms with Gasteiger partial charge in [0.2, 0.25) is 11.8 Å². The summed E-state index contributed by atoms with van der Waals surface area (Å²) in [6.07, 6.45) is 0.885. The van der Waals surface area contributed by atoms with Crippen LogP contribution in [0.15, 0.2) is 59.7 Å². The highest BCUT2D eigenvalue weighted by Crippen LogP contribution is 2.33. The average Bonchev–Trinajstić information content (AvgIpc) is 3.21. The molecule has 5 nitrogen and oxygen atoms in total. The number of carbonyl (C=O) groups excluding carboxylic acids is 2. The zero-order valence-electron chi connectivity index (χ0n) is 17.7. The molecule has 1 aliphatic heterocycles. The zero-order valence-corrected chi connectivity index (χ0v) is 17.7. The van der Waals surface area contributed by atoms with E-state index in [1.165, 1.54) is 17.1 Å². The number of rotatable bonds is 6. The van der Waals surface area contributed by atoms with Gasteiger partial charge in [0.1, 0.15) is 5.82 Å². The van der Waals surface area contributed by atoms with Crippen LogP contribution < -0.4 is 5.32 Å². The number of carbonyl (C=O) groups is 2. The Hall–Kier alpha value is -3.02. The second-order valence-electron chi connectivity index (χ2n) is 8.60. The van der Waals surface area contributed by atoms with Crippen LogP contribution in [0.2, 0.25) is 0 Å². The van der Waals surface area contributed by atoms with Gasteiger partial charge >= 0.3 is 0 Å². The molecule has 6 heteroatoms. The quantitative estimate of drug-likeness (QED) is 0.766. The van der Waals surface area contributed by atoms with Gasteiger partial charge in [-0.25, -0.2) is 9.40 Å². The minimum Gasteiger partial charge on any atom is -0.349 e. The Morgan fingerprint density at radius 3 is 2.37 bits per heavy atom. The molecule has 1 unspecified atom stereocenters. The molecule has 1 heterocycles. The van der Waals surface area contributed by atoms with Gasteiger partial charge in [-0.1, -0.05) is 63.2 Å². The van der Waals surface area contributed by atoms with E-state index in [1.54, 1.807) is 12.1 Å². The van der Waals surface area contributed by atoms with Crippen molar-refractivity contribution >= 4 is 17.5 Å². The fraction of sp³-hybridized carbons (Fsp3) is 0.375. The third-order valence-corrected chi connectivity index (χ3v) is 5.14. The van der Waals surface area contributed by atoms with Gasteiger partial charge in [0, 0.05) is 19.3 Å².